The minimum absolute atomic E-state index is 0.000421. The first-order chi connectivity index (χ1) is 12.1. The molecule has 1 aromatic heterocycles. The number of aliphatic hydroxyl groups is 1. The van der Waals surface area contributed by atoms with Crippen molar-refractivity contribution < 1.29 is 22.7 Å². The Labute approximate surface area is 150 Å². The third-order valence-corrected chi connectivity index (χ3v) is 4.21. The summed E-state index contributed by atoms with van der Waals surface area (Å²) in [5, 5.41) is 12.7. The van der Waals surface area contributed by atoms with Gasteiger partial charge in [0.15, 0.2) is 5.82 Å². The van der Waals surface area contributed by atoms with E-state index in [2.05, 4.69) is 20.3 Å². The smallest absolute Gasteiger partial charge is 0.386 e. The first-order valence-corrected chi connectivity index (χ1v) is 8.73. The molecule has 1 aromatic rings. The van der Waals surface area contributed by atoms with Crippen LogP contribution in [0.5, 0.6) is 0 Å². The molecular formula is C17H24F4N4O. The van der Waals surface area contributed by atoms with Gasteiger partial charge in [0.25, 0.3) is 0 Å². The number of aromatic nitrogens is 3. The van der Waals surface area contributed by atoms with Crippen LogP contribution in [0.1, 0.15) is 58.1 Å². The molecule has 0 fully saturated rings. The lowest BCUT2D eigenvalue weighted by Gasteiger charge is -2.20. The zero-order valence-corrected chi connectivity index (χ0v) is 15.1. The van der Waals surface area contributed by atoms with Gasteiger partial charge in [-0.05, 0) is 39.5 Å². The fourth-order valence-electron chi connectivity index (χ4n) is 2.64. The summed E-state index contributed by atoms with van der Waals surface area (Å²) in [6, 6.07) is -0.0111. The van der Waals surface area contributed by atoms with Crippen LogP contribution in [0, 0.1) is 5.92 Å². The minimum atomic E-state index is -4.28. The summed E-state index contributed by atoms with van der Waals surface area (Å²) in [4.78, 5) is 12.5. The summed E-state index contributed by atoms with van der Waals surface area (Å²) >= 11 is 0. The van der Waals surface area contributed by atoms with Crippen LogP contribution in [0.4, 0.5) is 23.5 Å². The van der Waals surface area contributed by atoms with E-state index in [0.29, 0.717) is 19.3 Å². The van der Waals surface area contributed by atoms with Crippen LogP contribution >= 0.6 is 0 Å². The van der Waals surface area contributed by atoms with E-state index >= 15 is 0 Å². The van der Waals surface area contributed by atoms with Gasteiger partial charge in [-0.25, -0.2) is 9.37 Å². The Kier molecular flexibility index (Phi) is 6.54. The lowest BCUT2D eigenvalue weighted by molar-refractivity contribution is -0.171. The number of nitrogens with one attached hydrogen (secondary N) is 1. The lowest BCUT2D eigenvalue weighted by Crippen LogP contribution is -2.21. The van der Waals surface area contributed by atoms with Gasteiger partial charge in [-0.2, -0.15) is 23.1 Å². The predicted octanol–water partition coefficient (Wildman–Crippen LogP) is 4.05. The maximum atomic E-state index is 14.3. The Hall–Kier alpha value is -1.77. The Bertz CT molecular complexity index is 661. The van der Waals surface area contributed by atoms with Crippen molar-refractivity contribution >= 4 is 11.5 Å². The van der Waals surface area contributed by atoms with E-state index in [4.69, 9.17) is 0 Å². The highest BCUT2D eigenvalue weighted by Gasteiger charge is 2.35. The van der Waals surface area contributed by atoms with Crippen molar-refractivity contribution in [3.05, 3.63) is 17.5 Å². The van der Waals surface area contributed by atoms with Crippen LogP contribution in [0.2, 0.25) is 0 Å². The summed E-state index contributed by atoms with van der Waals surface area (Å²) in [5.74, 6) is -1.71. The van der Waals surface area contributed by atoms with Gasteiger partial charge in [0.1, 0.15) is 17.8 Å². The number of alkyl halides is 3. The molecule has 0 saturated carbocycles. The summed E-state index contributed by atoms with van der Waals surface area (Å²) in [5.41, 5.74) is 0.197. The normalized spacial score (nSPS) is 19.8. The van der Waals surface area contributed by atoms with E-state index in [1.807, 2.05) is 13.8 Å². The highest BCUT2D eigenvalue weighted by atomic mass is 19.4. The molecule has 1 aliphatic rings. The van der Waals surface area contributed by atoms with Crippen molar-refractivity contribution in [3.8, 4) is 0 Å². The zero-order chi connectivity index (χ0) is 19.5. The Balaban J connectivity index is 2.32. The van der Waals surface area contributed by atoms with Gasteiger partial charge in [-0.1, -0.05) is 6.92 Å². The molecule has 1 heterocycles. The Morgan fingerprint density at radius 1 is 1.19 bits per heavy atom. The molecule has 1 aliphatic carbocycles. The molecule has 0 bridgehead atoms. The molecule has 0 amide bonds. The molecule has 0 aliphatic heterocycles. The maximum absolute atomic E-state index is 14.3. The van der Waals surface area contributed by atoms with Crippen molar-refractivity contribution in [2.24, 2.45) is 5.92 Å². The van der Waals surface area contributed by atoms with Crippen LogP contribution in [-0.2, 0) is 6.42 Å². The molecule has 0 spiro atoms. The first-order valence-electron chi connectivity index (χ1n) is 8.73. The molecule has 0 radical (unpaired) electrons. The lowest BCUT2D eigenvalue weighted by atomic mass is 9.95. The first kappa shape index (κ1) is 20.5. The van der Waals surface area contributed by atoms with E-state index in [1.54, 1.807) is 0 Å². The number of aliphatic hydroxyl groups excluding tert-OH is 1. The molecule has 0 unspecified atom stereocenters. The van der Waals surface area contributed by atoms with Gasteiger partial charge in [-0.3, -0.25) is 0 Å². The fourth-order valence-corrected chi connectivity index (χ4v) is 2.64. The zero-order valence-electron chi connectivity index (χ0n) is 15.1. The highest BCUT2D eigenvalue weighted by molar-refractivity contribution is 5.64. The molecule has 2 N–H and O–H groups in total. The van der Waals surface area contributed by atoms with Crippen LogP contribution in [0.15, 0.2) is 5.83 Å². The SMILES string of the molecule is CC(C)Nc1nc(CC[C@H](C)C(F)(F)F)nc(C2=C(F)[C@H](O)CCC2)n1. The van der Waals surface area contributed by atoms with E-state index in [0.717, 1.165) is 6.92 Å². The number of nitrogens with zero attached hydrogens (tertiary/aromatic N) is 3. The van der Waals surface area contributed by atoms with Crippen molar-refractivity contribution in [1.82, 2.24) is 15.0 Å². The maximum Gasteiger partial charge on any atom is 0.391 e. The number of hydrogen-bond acceptors (Lipinski definition) is 5. The molecule has 2 rings (SSSR count). The van der Waals surface area contributed by atoms with Crippen molar-refractivity contribution in [3.63, 3.8) is 0 Å². The predicted molar refractivity (Wildman–Crippen MR) is 90.0 cm³/mol. The third kappa shape index (κ3) is 5.36. The molecule has 146 valence electrons. The molecule has 5 nitrogen and oxygen atoms in total. The second-order valence-electron chi connectivity index (χ2n) is 6.91. The fraction of sp³-hybridized carbons (Fsp3) is 0.706. The summed E-state index contributed by atoms with van der Waals surface area (Å²) < 4.78 is 52.4. The molecule has 0 aromatic carbocycles. The van der Waals surface area contributed by atoms with Crippen LogP contribution in [-0.4, -0.2) is 38.4 Å². The third-order valence-electron chi connectivity index (χ3n) is 4.21. The van der Waals surface area contributed by atoms with Crippen LogP contribution in [0.25, 0.3) is 5.57 Å². The Morgan fingerprint density at radius 2 is 1.88 bits per heavy atom. The monoisotopic (exact) mass is 376 g/mol. The van der Waals surface area contributed by atoms with E-state index in [9.17, 15) is 22.7 Å². The number of hydrogen-bond donors (Lipinski definition) is 2. The van der Waals surface area contributed by atoms with Gasteiger partial charge in [-0.15, -0.1) is 0 Å². The van der Waals surface area contributed by atoms with Gasteiger partial charge in [0, 0.05) is 18.0 Å². The average Bonchev–Trinajstić information content (AvgIpc) is 2.53. The second-order valence-corrected chi connectivity index (χ2v) is 6.91. The largest absolute Gasteiger partial charge is 0.391 e. The topological polar surface area (TPSA) is 70.9 Å². The molecular weight excluding hydrogens is 352 g/mol. The van der Waals surface area contributed by atoms with Crippen LogP contribution in [0.3, 0.4) is 0 Å². The molecule has 2 atom stereocenters. The summed E-state index contributed by atoms with van der Waals surface area (Å²) in [6.07, 6.45) is -4.36. The van der Waals surface area contributed by atoms with Crippen molar-refractivity contribution in [2.45, 2.75) is 71.2 Å². The minimum Gasteiger partial charge on any atom is -0.386 e. The van der Waals surface area contributed by atoms with Gasteiger partial charge >= 0.3 is 6.18 Å². The number of rotatable bonds is 6. The highest BCUT2D eigenvalue weighted by Crippen LogP contribution is 2.32. The van der Waals surface area contributed by atoms with E-state index < -0.39 is 24.0 Å². The number of aryl methyl sites for hydroxylation is 1. The molecule has 26 heavy (non-hydrogen) atoms. The number of allylic oxidation sites excluding steroid dienone is 1. The molecule has 9 heteroatoms. The van der Waals surface area contributed by atoms with Gasteiger partial charge < -0.3 is 10.4 Å². The molecule has 0 saturated heterocycles. The van der Waals surface area contributed by atoms with E-state index in [-0.39, 0.29) is 42.1 Å². The standard InChI is InChI=1S/C17H24F4N4O/c1-9(2)22-16-24-13(8-7-10(3)17(19,20)21)23-15(25-16)11-5-4-6-12(26)14(11)18/h9-10,12,26H,4-8H2,1-3H3,(H,22,23,24,25)/t10-,12+/m0/s1. The van der Waals surface area contributed by atoms with Gasteiger partial charge in [0.2, 0.25) is 5.95 Å². The average molecular weight is 376 g/mol. The van der Waals surface area contributed by atoms with E-state index in [1.165, 1.54) is 0 Å². The quantitative estimate of drug-likeness (QED) is 0.733. The van der Waals surface area contributed by atoms with Crippen LogP contribution < -0.4 is 5.32 Å². The number of anilines is 1. The Morgan fingerprint density at radius 3 is 2.50 bits per heavy atom. The van der Waals surface area contributed by atoms with Crippen molar-refractivity contribution in [1.29, 1.82) is 0 Å². The number of halogens is 4. The van der Waals surface area contributed by atoms with Crippen molar-refractivity contribution in [2.75, 3.05) is 5.32 Å². The van der Waals surface area contributed by atoms with Gasteiger partial charge in [0.05, 0.1) is 5.92 Å². The second kappa shape index (κ2) is 8.28. The summed E-state index contributed by atoms with van der Waals surface area (Å²) in [6.45, 7) is 4.83. The summed E-state index contributed by atoms with van der Waals surface area (Å²) in [7, 11) is 0.